The summed E-state index contributed by atoms with van der Waals surface area (Å²) in [5, 5.41) is 0. The van der Waals surface area contributed by atoms with Crippen LogP contribution in [0.1, 0.15) is 22.9 Å². The van der Waals surface area contributed by atoms with E-state index >= 15 is 0 Å². The van der Waals surface area contributed by atoms with Crippen LogP contribution in [0.15, 0.2) is 30.6 Å². The van der Waals surface area contributed by atoms with E-state index in [1.165, 1.54) is 19.5 Å². The fourth-order valence-corrected chi connectivity index (χ4v) is 1.61. The van der Waals surface area contributed by atoms with E-state index in [-0.39, 0.29) is 5.82 Å². The average Bonchev–Trinajstić information content (AvgIpc) is 2.41. The smallest absolute Gasteiger partial charge is 0.216 e. The van der Waals surface area contributed by atoms with Crippen LogP contribution in [0.2, 0.25) is 0 Å². The Bertz CT molecular complexity index is 560. The summed E-state index contributed by atoms with van der Waals surface area (Å²) in [5.74, 6) is 0.159. The molecule has 2 N–H and O–H groups in total. The summed E-state index contributed by atoms with van der Waals surface area (Å²) in [6.07, 6.45) is 1.37. The number of hydrogen-bond donors (Lipinski definition) is 1. The van der Waals surface area contributed by atoms with Gasteiger partial charge in [0.05, 0.1) is 18.8 Å². The molecule has 2 aromatic rings. The zero-order valence-corrected chi connectivity index (χ0v) is 10.2. The minimum Gasteiger partial charge on any atom is -0.481 e. The molecule has 18 heavy (non-hydrogen) atoms. The summed E-state index contributed by atoms with van der Waals surface area (Å²) < 4.78 is 18.5. The fraction of sp³-hybridized carbons (Fsp3) is 0.231. The standard InChI is InChI=1S/C13H14FN3O/c1-8-3-4-9(5-10(8)14)13(15)11-6-12(18-2)17-7-16-11/h3-7,13H,15H2,1-2H3. The van der Waals surface area contributed by atoms with Crippen LogP contribution in [-0.4, -0.2) is 17.1 Å². The lowest BCUT2D eigenvalue weighted by Gasteiger charge is -2.12. The molecule has 0 aliphatic rings. The van der Waals surface area contributed by atoms with Gasteiger partial charge in [-0.3, -0.25) is 0 Å². The molecule has 94 valence electrons. The predicted molar refractivity (Wildman–Crippen MR) is 65.8 cm³/mol. The van der Waals surface area contributed by atoms with E-state index < -0.39 is 6.04 Å². The Kier molecular flexibility index (Phi) is 3.53. The Balaban J connectivity index is 2.34. The summed E-state index contributed by atoms with van der Waals surface area (Å²) in [5.41, 5.74) is 7.89. The van der Waals surface area contributed by atoms with E-state index in [0.717, 1.165) is 0 Å². The van der Waals surface area contributed by atoms with Gasteiger partial charge in [-0.15, -0.1) is 0 Å². The molecule has 0 bridgehead atoms. The first-order chi connectivity index (χ1) is 8.61. The zero-order chi connectivity index (χ0) is 13.1. The number of aryl methyl sites for hydroxylation is 1. The Morgan fingerprint density at radius 2 is 2.06 bits per heavy atom. The van der Waals surface area contributed by atoms with Gasteiger partial charge >= 0.3 is 0 Å². The van der Waals surface area contributed by atoms with Crippen molar-refractivity contribution >= 4 is 0 Å². The summed E-state index contributed by atoms with van der Waals surface area (Å²) in [4.78, 5) is 7.98. The maximum atomic E-state index is 13.5. The highest BCUT2D eigenvalue weighted by molar-refractivity contribution is 5.31. The molecule has 4 nitrogen and oxygen atoms in total. The second-order valence-electron chi connectivity index (χ2n) is 3.97. The second kappa shape index (κ2) is 5.10. The largest absolute Gasteiger partial charge is 0.481 e. The van der Waals surface area contributed by atoms with Crippen molar-refractivity contribution in [3.8, 4) is 5.88 Å². The van der Waals surface area contributed by atoms with Crippen molar-refractivity contribution in [2.45, 2.75) is 13.0 Å². The number of hydrogen-bond acceptors (Lipinski definition) is 4. The molecular weight excluding hydrogens is 233 g/mol. The van der Waals surface area contributed by atoms with E-state index in [1.54, 1.807) is 25.1 Å². The van der Waals surface area contributed by atoms with Crippen LogP contribution in [0.25, 0.3) is 0 Å². The number of halogens is 1. The summed E-state index contributed by atoms with van der Waals surface area (Å²) in [6.45, 7) is 1.71. The number of methoxy groups -OCH3 is 1. The molecule has 1 unspecified atom stereocenters. The molecule has 0 aliphatic carbocycles. The minimum atomic E-state index is -0.503. The highest BCUT2D eigenvalue weighted by atomic mass is 19.1. The lowest BCUT2D eigenvalue weighted by molar-refractivity contribution is 0.395. The Morgan fingerprint density at radius 3 is 2.72 bits per heavy atom. The van der Waals surface area contributed by atoms with Crippen molar-refractivity contribution in [3.05, 3.63) is 53.2 Å². The molecule has 0 saturated carbocycles. The normalized spacial score (nSPS) is 12.2. The van der Waals surface area contributed by atoms with Crippen LogP contribution in [0, 0.1) is 12.7 Å². The molecule has 5 heteroatoms. The maximum Gasteiger partial charge on any atom is 0.216 e. The molecule has 0 spiro atoms. The lowest BCUT2D eigenvalue weighted by atomic mass is 10.0. The van der Waals surface area contributed by atoms with E-state index in [0.29, 0.717) is 22.7 Å². The molecule has 0 fully saturated rings. The fourth-order valence-electron chi connectivity index (χ4n) is 1.61. The van der Waals surface area contributed by atoms with Gasteiger partial charge in [-0.25, -0.2) is 14.4 Å². The monoisotopic (exact) mass is 247 g/mol. The van der Waals surface area contributed by atoms with Crippen LogP contribution in [0.3, 0.4) is 0 Å². The van der Waals surface area contributed by atoms with Gasteiger partial charge in [-0.1, -0.05) is 12.1 Å². The number of nitrogens with zero attached hydrogens (tertiary/aromatic N) is 2. The topological polar surface area (TPSA) is 61.0 Å². The summed E-state index contributed by atoms with van der Waals surface area (Å²) >= 11 is 0. The molecule has 0 amide bonds. The Labute approximate surface area is 105 Å². The van der Waals surface area contributed by atoms with Gasteiger partial charge in [0.2, 0.25) is 5.88 Å². The quantitative estimate of drug-likeness (QED) is 0.900. The number of rotatable bonds is 3. The van der Waals surface area contributed by atoms with Gasteiger partial charge in [-0.05, 0) is 24.1 Å². The molecule has 1 aromatic carbocycles. The van der Waals surface area contributed by atoms with Crippen LogP contribution < -0.4 is 10.5 Å². The highest BCUT2D eigenvalue weighted by Crippen LogP contribution is 2.21. The number of benzene rings is 1. The van der Waals surface area contributed by atoms with E-state index in [1.807, 2.05) is 0 Å². The van der Waals surface area contributed by atoms with Gasteiger partial charge in [0.25, 0.3) is 0 Å². The lowest BCUT2D eigenvalue weighted by Crippen LogP contribution is -2.14. The number of nitrogens with two attached hydrogens (primary N) is 1. The van der Waals surface area contributed by atoms with Gasteiger partial charge in [0, 0.05) is 6.07 Å². The van der Waals surface area contributed by atoms with Crippen molar-refractivity contribution in [2.24, 2.45) is 5.73 Å². The Hall–Kier alpha value is -2.01. The molecule has 0 radical (unpaired) electrons. The summed E-state index contributed by atoms with van der Waals surface area (Å²) in [7, 11) is 1.52. The predicted octanol–water partition coefficient (Wildman–Crippen LogP) is 1.98. The van der Waals surface area contributed by atoms with Crippen molar-refractivity contribution in [1.29, 1.82) is 0 Å². The molecule has 1 atom stereocenters. The van der Waals surface area contributed by atoms with Crippen molar-refractivity contribution in [2.75, 3.05) is 7.11 Å². The molecule has 1 heterocycles. The third-order valence-corrected chi connectivity index (χ3v) is 2.75. The first kappa shape index (κ1) is 12.4. The molecular formula is C13H14FN3O. The zero-order valence-electron chi connectivity index (χ0n) is 10.2. The maximum absolute atomic E-state index is 13.5. The van der Waals surface area contributed by atoms with Gasteiger partial charge in [-0.2, -0.15) is 0 Å². The number of ether oxygens (including phenoxy) is 1. The van der Waals surface area contributed by atoms with Crippen LogP contribution in [0.5, 0.6) is 5.88 Å². The van der Waals surface area contributed by atoms with Crippen molar-refractivity contribution in [3.63, 3.8) is 0 Å². The minimum absolute atomic E-state index is 0.274. The van der Waals surface area contributed by atoms with Crippen molar-refractivity contribution in [1.82, 2.24) is 9.97 Å². The van der Waals surface area contributed by atoms with Gasteiger partial charge < -0.3 is 10.5 Å². The van der Waals surface area contributed by atoms with Crippen LogP contribution >= 0.6 is 0 Å². The third-order valence-electron chi connectivity index (χ3n) is 2.75. The van der Waals surface area contributed by atoms with Crippen LogP contribution in [-0.2, 0) is 0 Å². The van der Waals surface area contributed by atoms with Crippen LogP contribution in [0.4, 0.5) is 4.39 Å². The SMILES string of the molecule is COc1cc(C(N)c2ccc(C)c(F)c2)ncn1. The first-order valence-electron chi connectivity index (χ1n) is 5.49. The van der Waals surface area contributed by atoms with E-state index in [4.69, 9.17) is 10.5 Å². The number of aromatic nitrogens is 2. The van der Waals surface area contributed by atoms with E-state index in [2.05, 4.69) is 9.97 Å². The molecule has 1 aromatic heterocycles. The van der Waals surface area contributed by atoms with Gasteiger partial charge in [0.15, 0.2) is 0 Å². The summed E-state index contributed by atoms with van der Waals surface area (Å²) in [6, 6.07) is 6.05. The third kappa shape index (κ3) is 2.46. The molecule has 0 aliphatic heterocycles. The van der Waals surface area contributed by atoms with E-state index in [9.17, 15) is 4.39 Å². The first-order valence-corrected chi connectivity index (χ1v) is 5.49. The highest BCUT2D eigenvalue weighted by Gasteiger charge is 2.13. The Morgan fingerprint density at radius 1 is 1.28 bits per heavy atom. The van der Waals surface area contributed by atoms with Gasteiger partial charge in [0.1, 0.15) is 12.1 Å². The second-order valence-corrected chi connectivity index (χ2v) is 3.97. The van der Waals surface area contributed by atoms with Crippen molar-refractivity contribution < 1.29 is 9.13 Å². The molecule has 2 rings (SSSR count). The average molecular weight is 247 g/mol. The molecule has 0 saturated heterocycles.